The van der Waals surface area contributed by atoms with Crippen LogP contribution in [0.2, 0.25) is 0 Å². The van der Waals surface area contributed by atoms with Crippen molar-refractivity contribution in [3.63, 3.8) is 0 Å². The second kappa shape index (κ2) is 4.27. The molecule has 0 aromatic heterocycles. The van der Waals surface area contributed by atoms with Gasteiger partial charge in [-0.05, 0) is 37.0 Å². The van der Waals surface area contributed by atoms with E-state index in [0.29, 0.717) is 17.9 Å². The van der Waals surface area contributed by atoms with Crippen LogP contribution in [0, 0.1) is 17.6 Å². The third kappa shape index (κ3) is 3.27. The molecule has 0 fully saturated rings. The molecule has 0 saturated carbocycles. The van der Waals surface area contributed by atoms with Crippen molar-refractivity contribution in [3.8, 4) is 0 Å². The minimum atomic E-state index is -0.683. The average molecular weight is 213 g/mol. The first-order valence-corrected chi connectivity index (χ1v) is 5.07. The molecule has 1 atom stereocenters. The summed E-state index contributed by atoms with van der Waals surface area (Å²) < 4.78 is 26.0. The van der Waals surface area contributed by atoms with E-state index in [1.807, 2.05) is 13.8 Å². The van der Waals surface area contributed by atoms with Crippen LogP contribution in [0.5, 0.6) is 0 Å². The molecular weight excluding hydrogens is 196 g/mol. The van der Waals surface area contributed by atoms with Crippen molar-refractivity contribution in [3.05, 3.63) is 35.4 Å². The Morgan fingerprint density at radius 3 is 2.07 bits per heavy atom. The molecule has 0 bridgehead atoms. The van der Waals surface area contributed by atoms with E-state index in [1.165, 1.54) is 12.1 Å². The fourth-order valence-corrected chi connectivity index (χ4v) is 1.85. The van der Waals surface area contributed by atoms with Gasteiger partial charge in [0.15, 0.2) is 0 Å². The summed E-state index contributed by atoms with van der Waals surface area (Å²) in [6.07, 6.45) is 0.690. The van der Waals surface area contributed by atoms with Crippen LogP contribution in [0.1, 0.15) is 32.8 Å². The molecule has 84 valence electrons. The fourth-order valence-electron chi connectivity index (χ4n) is 1.85. The monoisotopic (exact) mass is 213 g/mol. The molecule has 3 heteroatoms. The number of rotatable bonds is 3. The van der Waals surface area contributed by atoms with Crippen LogP contribution < -0.4 is 5.73 Å². The Balaban J connectivity index is 3.03. The highest BCUT2D eigenvalue weighted by Gasteiger charge is 2.23. The summed E-state index contributed by atoms with van der Waals surface area (Å²) in [5.74, 6) is -0.776. The van der Waals surface area contributed by atoms with Gasteiger partial charge in [0, 0.05) is 11.6 Å². The van der Waals surface area contributed by atoms with E-state index in [-0.39, 0.29) is 0 Å². The van der Waals surface area contributed by atoms with Gasteiger partial charge in [-0.3, -0.25) is 0 Å². The summed E-state index contributed by atoms with van der Waals surface area (Å²) in [4.78, 5) is 0. The maximum Gasteiger partial charge on any atom is 0.126 e. The van der Waals surface area contributed by atoms with Crippen LogP contribution in [0.25, 0.3) is 0 Å². The third-order valence-electron chi connectivity index (χ3n) is 2.35. The lowest BCUT2D eigenvalue weighted by atomic mass is 9.85. The predicted octanol–water partition coefficient (Wildman–Crippen LogP) is 3.18. The summed E-state index contributed by atoms with van der Waals surface area (Å²) in [5, 5.41) is 0. The summed E-state index contributed by atoms with van der Waals surface area (Å²) in [6.45, 7) is 5.85. The second-order valence-corrected chi connectivity index (χ2v) is 4.67. The lowest BCUT2D eigenvalue weighted by molar-refractivity contribution is 0.377. The fraction of sp³-hybridized carbons (Fsp3) is 0.500. The molecule has 1 aromatic rings. The van der Waals surface area contributed by atoms with E-state index < -0.39 is 17.2 Å². The van der Waals surface area contributed by atoms with Gasteiger partial charge in [0.1, 0.15) is 11.6 Å². The van der Waals surface area contributed by atoms with Gasteiger partial charge in [-0.2, -0.15) is 0 Å². The van der Waals surface area contributed by atoms with E-state index in [1.54, 1.807) is 6.92 Å². The number of hydrogen-bond donors (Lipinski definition) is 1. The minimum absolute atomic E-state index is 0.381. The Labute approximate surface area is 89.3 Å². The smallest absolute Gasteiger partial charge is 0.126 e. The number of halogens is 2. The van der Waals surface area contributed by atoms with E-state index in [9.17, 15) is 8.78 Å². The first-order chi connectivity index (χ1) is 6.81. The number of hydrogen-bond acceptors (Lipinski definition) is 1. The topological polar surface area (TPSA) is 26.0 Å². The molecule has 0 radical (unpaired) electrons. The average Bonchev–Trinajstić information content (AvgIpc) is 1.99. The molecule has 0 saturated heterocycles. The quantitative estimate of drug-likeness (QED) is 0.819. The van der Waals surface area contributed by atoms with Gasteiger partial charge in [0.2, 0.25) is 0 Å². The van der Waals surface area contributed by atoms with Crippen molar-refractivity contribution >= 4 is 0 Å². The highest BCUT2D eigenvalue weighted by Crippen LogP contribution is 2.26. The van der Waals surface area contributed by atoms with Crippen molar-refractivity contribution in [2.75, 3.05) is 0 Å². The van der Waals surface area contributed by atoms with Gasteiger partial charge >= 0.3 is 0 Å². The molecule has 0 aliphatic carbocycles. The zero-order chi connectivity index (χ0) is 11.6. The van der Waals surface area contributed by atoms with Crippen LogP contribution in [-0.4, -0.2) is 0 Å². The molecule has 1 rings (SSSR count). The largest absolute Gasteiger partial charge is 0.322 e. The molecule has 1 unspecified atom stereocenters. The number of benzene rings is 1. The van der Waals surface area contributed by atoms with Crippen LogP contribution >= 0.6 is 0 Å². The van der Waals surface area contributed by atoms with Gasteiger partial charge < -0.3 is 5.73 Å². The van der Waals surface area contributed by atoms with Crippen molar-refractivity contribution in [1.82, 2.24) is 0 Å². The van der Waals surface area contributed by atoms with Crippen LogP contribution in [-0.2, 0) is 5.54 Å². The molecule has 0 aliphatic heterocycles. The first-order valence-electron chi connectivity index (χ1n) is 5.07. The van der Waals surface area contributed by atoms with Crippen LogP contribution in [0.15, 0.2) is 18.2 Å². The molecule has 2 N–H and O–H groups in total. The highest BCUT2D eigenvalue weighted by molar-refractivity contribution is 5.25. The van der Waals surface area contributed by atoms with Gasteiger partial charge in [0.05, 0.1) is 0 Å². The lowest BCUT2D eigenvalue weighted by Gasteiger charge is -2.27. The van der Waals surface area contributed by atoms with E-state index >= 15 is 0 Å². The molecular formula is C12H17F2N. The van der Waals surface area contributed by atoms with E-state index in [4.69, 9.17) is 5.73 Å². The molecule has 0 spiro atoms. The summed E-state index contributed by atoms with van der Waals surface area (Å²) in [5.41, 5.74) is 5.87. The molecule has 1 nitrogen and oxygen atoms in total. The molecule has 1 aromatic carbocycles. The van der Waals surface area contributed by atoms with Crippen molar-refractivity contribution in [2.24, 2.45) is 11.7 Å². The maximum atomic E-state index is 13.0. The van der Waals surface area contributed by atoms with Crippen molar-refractivity contribution in [2.45, 2.75) is 32.7 Å². The van der Waals surface area contributed by atoms with Crippen LogP contribution in [0.3, 0.4) is 0 Å². The Morgan fingerprint density at radius 2 is 1.67 bits per heavy atom. The van der Waals surface area contributed by atoms with Crippen molar-refractivity contribution in [1.29, 1.82) is 0 Å². The molecule has 0 aliphatic rings. The minimum Gasteiger partial charge on any atom is -0.322 e. The highest BCUT2D eigenvalue weighted by atomic mass is 19.1. The van der Waals surface area contributed by atoms with Gasteiger partial charge in [-0.1, -0.05) is 13.8 Å². The Bertz CT molecular complexity index is 325. The van der Waals surface area contributed by atoms with Gasteiger partial charge in [-0.25, -0.2) is 8.78 Å². The molecule has 0 amide bonds. The third-order valence-corrected chi connectivity index (χ3v) is 2.35. The SMILES string of the molecule is CC(C)CC(C)(N)c1cc(F)cc(F)c1. The Morgan fingerprint density at radius 1 is 1.20 bits per heavy atom. The summed E-state index contributed by atoms with van der Waals surface area (Å²) in [6, 6.07) is 3.45. The summed E-state index contributed by atoms with van der Waals surface area (Å²) in [7, 11) is 0. The van der Waals surface area contributed by atoms with E-state index in [0.717, 1.165) is 6.07 Å². The van der Waals surface area contributed by atoms with Gasteiger partial charge in [0.25, 0.3) is 0 Å². The first kappa shape index (κ1) is 12.1. The molecule has 0 heterocycles. The maximum absolute atomic E-state index is 13.0. The lowest BCUT2D eigenvalue weighted by Crippen LogP contribution is -2.34. The summed E-state index contributed by atoms with van der Waals surface area (Å²) >= 11 is 0. The normalized spacial score (nSPS) is 15.4. The van der Waals surface area contributed by atoms with E-state index in [2.05, 4.69) is 0 Å². The predicted molar refractivity (Wildman–Crippen MR) is 57.4 cm³/mol. The Hall–Kier alpha value is -0.960. The standard InChI is InChI=1S/C12H17F2N/c1-8(2)7-12(3,15)9-4-10(13)6-11(14)5-9/h4-6,8H,7,15H2,1-3H3. The second-order valence-electron chi connectivity index (χ2n) is 4.67. The zero-order valence-electron chi connectivity index (χ0n) is 9.35. The van der Waals surface area contributed by atoms with Gasteiger partial charge in [-0.15, -0.1) is 0 Å². The number of nitrogens with two attached hydrogens (primary N) is 1. The van der Waals surface area contributed by atoms with Crippen LogP contribution in [0.4, 0.5) is 8.78 Å². The Kier molecular flexibility index (Phi) is 3.45. The van der Waals surface area contributed by atoms with Crippen molar-refractivity contribution < 1.29 is 8.78 Å². The zero-order valence-corrected chi connectivity index (χ0v) is 9.35. The molecule has 15 heavy (non-hydrogen) atoms.